The first-order valence-corrected chi connectivity index (χ1v) is 7.39. The highest BCUT2D eigenvalue weighted by Crippen LogP contribution is 2.23. The van der Waals surface area contributed by atoms with E-state index in [4.69, 9.17) is 19.7 Å². The van der Waals surface area contributed by atoms with Crippen LogP contribution in [0.2, 0.25) is 0 Å². The number of hydrogen-bond acceptors (Lipinski definition) is 5. The molecule has 0 aliphatic carbocycles. The molecule has 0 bridgehead atoms. The lowest BCUT2D eigenvalue weighted by atomic mass is 9.87. The predicted molar refractivity (Wildman–Crippen MR) is 80.5 cm³/mol. The van der Waals surface area contributed by atoms with Crippen LogP contribution < -0.4 is 5.32 Å². The number of hydrogen-bond donors (Lipinski definition) is 3. The zero-order valence-corrected chi connectivity index (χ0v) is 13.7. The summed E-state index contributed by atoms with van der Waals surface area (Å²) >= 11 is 0. The Balaban J connectivity index is 0.000000980. The molecule has 1 atom stereocenters. The molecule has 0 aromatic carbocycles. The van der Waals surface area contributed by atoms with Gasteiger partial charge in [0.15, 0.2) is 5.92 Å². The van der Waals surface area contributed by atoms with E-state index < -0.39 is 29.4 Å². The van der Waals surface area contributed by atoms with E-state index in [9.17, 15) is 9.59 Å². The summed E-state index contributed by atoms with van der Waals surface area (Å²) in [5.41, 5.74) is -0.640. The molecule has 7 nitrogen and oxygen atoms in total. The number of rotatable bonds is 4. The molecule has 22 heavy (non-hydrogen) atoms. The molecule has 7 heteroatoms. The first-order valence-electron chi connectivity index (χ1n) is 7.39. The molecule has 0 aromatic rings. The minimum atomic E-state index is -1.08. The number of ether oxygens (including phenoxy) is 1. The summed E-state index contributed by atoms with van der Waals surface area (Å²) in [6.07, 6.45) is 2.23. The van der Waals surface area contributed by atoms with Gasteiger partial charge in [-0.3, -0.25) is 14.4 Å². The largest absolute Gasteiger partial charge is 0.481 e. The average Bonchev–Trinajstić information content (AvgIpc) is 2.34. The molecule has 0 spiro atoms. The standard InChI is InChI=1S/C13H23NO4.C2H4O2/c1-13(2,3)18-12(17)10(11(15)16)8-9-4-6-14-7-5-9;1-2(3)4/h9-10,14H,4-8H2,1-3H3,(H,15,16);1H3,(H,3,4). The second-order valence-electron chi connectivity index (χ2n) is 6.37. The van der Waals surface area contributed by atoms with Gasteiger partial charge in [-0.25, -0.2) is 0 Å². The van der Waals surface area contributed by atoms with Crippen molar-refractivity contribution in [1.82, 2.24) is 5.32 Å². The summed E-state index contributed by atoms with van der Waals surface area (Å²) in [5, 5.41) is 19.8. The number of carbonyl (C=O) groups excluding carboxylic acids is 1. The summed E-state index contributed by atoms with van der Waals surface area (Å²) in [6, 6.07) is 0. The van der Waals surface area contributed by atoms with Gasteiger partial charge in [-0.1, -0.05) is 0 Å². The number of esters is 1. The maximum atomic E-state index is 11.9. The molecule has 1 fully saturated rings. The van der Waals surface area contributed by atoms with Gasteiger partial charge in [0.2, 0.25) is 0 Å². The van der Waals surface area contributed by atoms with Crippen LogP contribution in [-0.4, -0.2) is 46.8 Å². The summed E-state index contributed by atoms with van der Waals surface area (Å²) in [6.45, 7) is 8.10. The van der Waals surface area contributed by atoms with Crippen LogP contribution in [0.15, 0.2) is 0 Å². The van der Waals surface area contributed by atoms with E-state index >= 15 is 0 Å². The lowest BCUT2D eigenvalue weighted by Gasteiger charge is -2.26. The number of carboxylic acid groups (broad SMARTS) is 2. The molecule has 1 rings (SSSR count). The van der Waals surface area contributed by atoms with E-state index in [0.717, 1.165) is 32.9 Å². The Hall–Kier alpha value is -1.63. The Bertz CT molecular complexity index is 378. The maximum absolute atomic E-state index is 11.9. The second-order valence-corrected chi connectivity index (χ2v) is 6.37. The van der Waals surface area contributed by atoms with E-state index in [1.807, 2.05) is 0 Å². The van der Waals surface area contributed by atoms with Gasteiger partial charge in [0.25, 0.3) is 5.97 Å². The van der Waals surface area contributed by atoms with Gasteiger partial charge >= 0.3 is 11.9 Å². The summed E-state index contributed by atoms with van der Waals surface area (Å²) in [7, 11) is 0. The van der Waals surface area contributed by atoms with Crippen molar-refractivity contribution in [1.29, 1.82) is 0 Å². The minimum Gasteiger partial charge on any atom is -0.481 e. The van der Waals surface area contributed by atoms with Crippen LogP contribution in [-0.2, 0) is 19.1 Å². The molecule has 0 saturated carbocycles. The van der Waals surface area contributed by atoms with E-state index in [1.165, 1.54) is 0 Å². The van der Waals surface area contributed by atoms with Crippen LogP contribution in [0.1, 0.15) is 47.0 Å². The molecule has 1 saturated heterocycles. The van der Waals surface area contributed by atoms with E-state index in [0.29, 0.717) is 12.3 Å². The van der Waals surface area contributed by atoms with Crippen molar-refractivity contribution >= 4 is 17.9 Å². The first kappa shape index (κ1) is 20.4. The van der Waals surface area contributed by atoms with E-state index in [2.05, 4.69) is 5.32 Å². The highest BCUT2D eigenvalue weighted by molar-refractivity contribution is 5.94. The number of piperidine rings is 1. The van der Waals surface area contributed by atoms with Crippen molar-refractivity contribution < 1.29 is 29.3 Å². The SMILES string of the molecule is CC(=O)O.CC(C)(C)OC(=O)C(CC1CCNCC1)C(=O)O. The fourth-order valence-corrected chi connectivity index (χ4v) is 2.12. The molecular formula is C15H27NO6. The number of carbonyl (C=O) groups is 3. The van der Waals surface area contributed by atoms with Crippen LogP contribution in [0, 0.1) is 11.8 Å². The van der Waals surface area contributed by atoms with Gasteiger partial charge < -0.3 is 20.3 Å². The van der Waals surface area contributed by atoms with Gasteiger partial charge in [0.1, 0.15) is 5.60 Å². The third kappa shape index (κ3) is 10.1. The smallest absolute Gasteiger partial charge is 0.320 e. The quantitative estimate of drug-likeness (QED) is 0.532. The van der Waals surface area contributed by atoms with Gasteiger partial charge in [-0.15, -0.1) is 0 Å². The first-order chi connectivity index (χ1) is 10.0. The zero-order valence-electron chi connectivity index (χ0n) is 13.7. The monoisotopic (exact) mass is 317 g/mol. The Morgan fingerprint density at radius 2 is 1.64 bits per heavy atom. The van der Waals surface area contributed by atoms with E-state index in [-0.39, 0.29) is 0 Å². The Labute approximate surface area is 131 Å². The summed E-state index contributed by atoms with van der Waals surface area (Å²) in [4.78, 5) is 32.0. The molecule has 1 aliphatic rings. The van der Waals surface area contributed by atoms with Gasteiger partial charge in [0, 0.05) is 6.92 Å². The number of carboxylic acids is 2. The molecule has 0 radical (unpaired) electrons. The third-order valence-electron chi connectivity index (χ3n) is 3.02. The Kier molecular flexibility index (Phi) is 8.70. The van der Waals surface area contributed by atoms with Crippen molar-refractivity contribution in [3.05, 3.63) is 0 Å². The maximum Gasteiger partial charge on any atom is 0.320 e. The fourth-order valence-electron chi connectivity index (χ4n) is 2.12. The highest BCUT2D eigenvalue weighted by Gasteiger charge is 2.33. The third-order valence-corrected chi connectivity index (χ3v) is 3.02. The average molecular weight is 317 g/mol. The molecule has 1 heterocycles. The molecule has 1 unspecified atom stereocenters. The van der Waals surface area contributed by atoms with Gasteiger partial charge in [-0.2, -0.15) is 0 Å². The van der Waals surface area contributed by atoms with Crippen LogP contribution >= 0.6 is 0 Å². The highest BCUT2D eigenvalue weighted by atomic mass is 16.6. The molecule has 0 aromatic heterocycles. The van der Waals surface area contributed by atoms with Crippen molar-refractivity contribution in [2.75, 3.05) is 13.1 Å². The predicted octanol–water partition coefficient (Wildman–Crippen LogP) is 1.51. The zero-order chi connectivity index (χ0) is 17.3. The normalized spacial score (nSPS) is 16.9. The van der Waals surface area contributed by atoms with Crippen molar-refractivity contribution in [2.45, 2.75) is 52.6 Å². The van der Waals surface area contributed by atoms with Crippen LogP contribution in [0.3, 0.4) is 0 Å². The lowest BCUT2D eigenvalue weighted by Crippen LogP contribution is -2.36. The minimum absolute atomic E-state index is 0.292. The van der Waals surface area contributed by atoms with E-state index in [1.54, 1.807) is 20.8 Å². The van der Waals surface area contributed by atoms with Gasteiger partial charge in [0.05, 0.1) is 0 Å². The van der Waals surface area contributed by atoms with Crippen LogP contribution in [0.4, 0.5) is 0 Å². The summed E-state index contributed by atoms with van der Waals surface area (Å²) in [5.74, 6) is -3.27. The Morgan fingerprint density at radius 3 is 2.00 bits per heavy atom. The Morgan fingerprint density at radius 1 is 1.18 bits per heavy atom. The number of aliphatic carboxylic acids is 2. The molecule has 1 aliphatic heterocycles. The van der Waals surface area contributed by atoms with Gasteiger partial charge in [-0.05, 0) is 59.0 Å². The summed E-state index contributed by atoms with van der Waals surface area (Å²) < 4.78 is 5.17. The van der Waals surface area contributed by atoms with Crippen molar-refractivity contribution in [3.8, 4) is 0 Å². The molecule has 128 valence electrons. The van der Waals surface area contributed by atoms with Crippen molar-refractivity contribution in [3.63, 3.8) is 0 Å². The van der Waals surface area contributed by atoms with Crippen molar-refractivity contribution in [2.24, 2.45) is 11.8 Å². The topological polar surface area (TPSA) is 113 Å². The number of nitrogens with one attached hydrogen (secondary N) is 1. The lowest BCUT2D eigenvalue weighted by molar-refractivity contribution is -0.167. The second kappa shape index (κ2) is 9.40. The molecule has 3 N–H and O–H groups in total. The fraction of sp³-hybridized carbons (Fsp3) is 0.800. The molecular weight excluding hydrogens is 290 g/mol. The van der Waals surface area contributed by atoms with Crippen LogP contribution in [0.5, 0.6) is 0 Å². The van der Waals surface area contributed by atoms with Crippen LogP contribution in [0.25, 0.3) is 0 Å². The molecule has 0 amide bonds.